The number of rotatable bonds is 4. The van der Waals surface area contributed by atoms with Crippen molar-refractivity contribution in [2.45, 2.75) is 19.4 Å². The summed E-state index contributed by atoms with van der Waals surface area (Å²) < 4.78 is 9.17. The Morgan fingerprint density at radius 2 is 2.36 bits per heavy atom. The van der Waals surface area contributed by atoms with E-state index in [0.29, 0.717) is 6.61 Å². The summed E-state index contributed by atoms with van der Waals surface area (Å²) in [4.78, 5) is 10.7. The van der Waals surface area contributed by atoms with Gasteiger partial charge < -0.3 is 9.47 Å². The molecule has 0 amide bonds. The summed E-state index contributed by atoms with van der Waals surface area (Å²) in [5, 5.41) is 8.38. The molecule has 0 radical (unpaired) electrons. The van der Waals surface area contributed by atoms with Crippen molar-refractivity contribution in [2.24, 2.45) is 0 Å². The third kappa shape index (κ3) is 3.58. The lowest BCUT2D eigenvalue weighted by molar-refractivity contribution is -0.150. The van der Waals surface area contributed by atoms with Crippen LogP contribution in [0.4, 0.5) is 0 Å². The number of carbonyl (C=O) groups is 1. The van der Waals surface area contributed by atoms with Crippen molar-refractivity contribution in [1.82, 2.24) is 0 Å². The monoisotopic (exact) mass is 157 g/mol. The van der Waals surface area contributed by atoms with Gasteiger partial charge in [0.05, 0.1) is 7.11 Å². The highest BCUT2D eigenvalue weighted by Gasteiger charge is 2.17. The smallest absolute Gasteiger partial charge is 0.349 e. The predicted molar refractivity (Wildman–Crippen MR) is 37.7 cm³/mol. The Labute approximate surface area is 65.7 Å². The minimum Gasteiger partial charge on any atom is -0.466 e. The van der Waals surface area contributed by atoms with Gasteiger partial charge in [0, 0.05) is 6.61 Å². The summed E-state index contributed by atoms with van der Waals surface area (Å²) in [6.45, 7) is 2.29. The Hall–Kier alpha value is -1.08. The van der Waals surface area contributed by atoms with E-state index in [1.807, 2.05) is 6.92 Å². The van der Waals surface area contributed by atoms with Crippen molar-refractivity contribution in [2.75, 3.05) is 13.7 Å². The molecule has 0 saturated carbocycles. The summed E-state index contributed by atoms with van der Waals surface area (Å²) >= 11 is 0. The van der Waals surface area contributed by atoms with Gasteiger partial charge in [-0.05, 0) is 6.42 Å². The molecule has 0 aliphatic heterocycles. The van der Waals surface area contributed by atoms with Crippen LogP contribution in [0.5, 0.6) is 0 Å². The van der Waals surface area contributed by atoms with Gasteiger partial charge in [0.2, 0.25) is 6.10 Å². The maximum atomic E-state index is 10.7. The molecule has 1 unspecified atom stereocenters. The molecular formula is C7H11NO3. The lowest BCUT2D eigenvalue weighted by Crippen LogP contribution is -2.24. The van der Waals surface area contributed by atoms with Crippen LogP contribution in [-0.4, -0.2) is 25.8 Å². The number of nitrogens with zero attached hydrogens (tertiary/aromatic N) is 1. The van der Waals surface area contributed by atoms with Gasteiger partial charge in [-0.25, -0.2) is 4.79 Å². The number of nitriles is 1. The molecule has 0 aliphatic carbocycles. The number of hydrogen-bond donors (Lipinski definition) is 0. The molecule has 0 rings (SSSR count). The zero-order valence-corrected chi connectivity index (χ0v) is 6.66. The lowest BCUT2D eigenvalue weighted by Gasteiger charge is -2.06. The van der Waals surface area contributed by atoms with Crippen LogP contribution >= 0.6 is 0 Å². The Bertz CT molecular complexity index is 162. The standard InChI is InChI=1S/C7H11NO3/c1-3-4-11-6(5-8)7(9)10-2/h6H,3-4H2,1-2H3. The average molecular weight is 157 g/mol. The molecule has 0 aromatic carbocycles. The number of carbonyl (C=O) groups excluding carboxylic acids is 1. The van der Waals surface area contributed by atoms with E-state index < -0.39 is 12.1 Å². The molecule has 0 aromatic heterocycles. The van der Waals surface area contributed by atoms with Gasteiger partial charge in [-0.2, -0.15) is 5.26 Å². The summed E-state index contributed by atoms with van der Waals surface area (Å²) in [7, 11) is 1.22. The van der Waals surface area contributed by atoms with Gasteiger partial charge in [-0.1, -0.05) is 6.92 Å². The first-order valence-electron chi connectivity index (χ1n) is 3.35. The van der Waals surface area contributed by atoms with Crippen LogP contribution in [0, 0.1) is 11.3 Å². The molecule has 62 valence electrons. The molecular weight excluding hydrogens is 146 g/mol. The largest absolute Gasteiger partial charge is 0.466 e. The third-order valence-electron chi connectivity index (χ3n) is 1.02. The zero-order chi connectivity index (χ0) is 8.69. The molecule has 1 atom stereocenters. The van der Waals surface area contributed by atoms with E-state index >= 15 is 0 Å². The fraction of sp³-hybridized carbons (Fsp3) is 0.714. The Kier molecular flexibility index (Phi) is 5.13. The maximum absolute atomic E-state index is 10.7. The van der Waals surface area contributed by atoms with Crippen LogP contribution < -0.4 is 0 Å². The van der Waals surface area contributed by atoms with Gasteiger partial charge in [-0.15, -0.1) is 0 Å². The molecule has 0 aromatic rings. The Morgan fingerprint density at radius 1 is 1.73 bits per heavy atom. The Morgan fingerprint density at radius 3 is 2.73 bits per heavy atom. The zero-order valence-electron chi connectivity index (χ0n) is 6.66. The number of ether oxygens (including phenoxy) is 2. The second-order valence-electron chi connectivity index (χ2n) is 1.90. The SMILES string of the molecule is CCCOC(C#N)C(=O)OC. The quantitative estimate of drug-likeness (QED) is 0.557. The highest BCUT2D eigenvalue weighted by molar-refractivity contribution is 5.77. The molecule has 0 bridgehead atoms. The van der Waals surface area contributed by atoms with Crippen molar-refractivity contribution in [3.63, 3.8) is 0 Å². The van der Waals surface area contributed by atoms with Crippen LogP contribution in [0.3, 0.4) is 0 Å². The summed E-state index contributed by atoms with van der Waals surface area (Å²) in [6.07, 6.45) is -0.297. The molecule has 4 heteroatoms. The Balaban J connectivity index is 3.78. The van der Waals surface area contributed by atoms with E-state index in [-0.39, 0.29) is 0 Å². The fourth-order valence-corrected chi connectivity index (χ4v) is 0.501. The van der Waals surface area contributed by atoms with Crippen molar-refractivity contribution >= 4 is 5.97 Å². The van der Waals surface area contributed by atoms with Gasteiger partial charge >= 0.3 is 5.97 Å². The first-order valence-corrected chi connectivity index (χ1v) is 3.35. The van der Waals surface area contributed by atoms with Crippen molar-refractivity contribution < 1.29 is 14.3 Å². The molecule has 0 N–H and O–H groups in total. The van der Waals surface area contributed by atoms with Crippen LogP contribution in [-0.2, 0) is 14.3 Å². The van der Waals surface area contributed by atoms with E-state index in [1.54, 1.807) is 6.07 Å². The van der Waals surface area contributed by atoms with Crippen LogP contribution in [0.2, 0.25) is 0 Å². The minimum absolute atomic E-state index is 0.396. The highest BCUT2D eigenvalue weighted by atomic mass is 16.6. The number of esters is 1. The van der Waals surface area contributed by atoms with Crippen LogP contribution in [0.25, 0.3) is 0 Å². The lowest BCUT2D eigenvalue weighted by atomic mass is 10.4. The van der Waals surface area contributed by atoms with E-state index in [4.69, 9.17) is 10.00 Å². The number of hydrogen-bond acceptors (Lipinski definition) is 4. The first kappa shape index (κ1) is 9.92. The van der Waals surface area contributed by atoms with Crippen molar-refractivity contribution in [3.05, 3.63) is 0 Å². The van der Waals surface area contributed by atoms with Crippen LogP contribution in [0.1, 0.15) is 13.3 Å². The summed E-state index contributed by atoms with van der Waals surface area (Å²) in [5.41, 5.74) is 0. The minimum atomic E-state index is -1.07. The predicted octanol–water partition coefficient (Wildman–Crippen LogP) is 0.478. The van der Waals surface area contributed by atoms with E-state index in [0.717, 1.165) is 6.42 Å². The molecule has 0 fully saturated rings. The third-order valence-corrected chi connectivity index (χ3v) is 1.02. The molecule has 11 heavy (non-hydrogen) atoms. The maximum Gasteiger partial charge on any atom is 0.349 e. The molecule has 0 spiro atoms. The van der Waals surface area contributed by atoms with E-state index in [2.05, 4.69) is 4.74 Å². The van der Waals surface area contributed by atoms with Crippen molar-refractivity contribution in [3.8, 4) is 6.07 Å². The molecule has 0 aliphatic rings. The first-order chi connectivity index (χ1) is 5.26. The highest BCUT2D eigenvalue weighted by Crippen LogP contribution is 1.94. The van der Waals surface area contributed by atoms with Crippen LogP contribution in [0.15, 0.2) is 0 Å². The van der Waals surface area contributed by atoms with E-state index in [9.17, 15) is 4.79 Å². The van der Waals surface area contributed by atoms with Crippen molar-refractivity contribution in [1.29, 1.82) is 5.26 Å². The molecule has 0 heterocycles. The second-order valence-corrected chi connectivity index (χ2v) is 1.90. The van der Waals surface area contributed by atoms with Gasteiger partial charge in [0.15, 0.2) is 0 Å². The van der Waals surface area contributed by atoms with Gasteiger partial charge in [-0.3, -0.25) is 0 Å². The fourth-order valence-electron chi connectivity index (χ4n) is 0.501. The topological polar surface area (TPSA) is 59.3 Å². The number of methoxy groups -OCH3 is 1. The molecule has 0 saturated heterocycles. The average Bonchev–Trinajstić information content (AvgIpc) is 2.05. The van der Waals surface area contributed by atoms with E-state index in [1.165, 1.54) is 7.11 Å². The summed E-state index contributed by atoms with van der Waals surface area (Å²) in [6, 6.07) is 1.69. The second kappa shape index (κ2) is 5.69. The normalized spacial score (nSPS) is 11.7. The summed E-state index contributed by atoms with van der Waals surface area (Å²) in [5.74, 6) is -0.638. The van der Waals surface area contributed by atoms with Gasteiger partial charge in [0.25, 0.3) is 0 Å². The molecule has 4 nitrogen and oxygen atoms in total. The van der Waals surface area contributed by atoms with Gasteiger partial charge in [0.1, 0.15) is 6.07 Å².